The minimum Gasteiger partial charge on any atom is -0.444 e. The largest absolute Gasteiger partial charge is 0.444 e. The molecule has 1 saturated heterocycles. The zero-order chi connectivity index (χ0) is 23.2. The molecule has 1 N–H and O–H groups in total. The Kier molecular flexibility index (Phi) is 9.45. The fraction of sp³-hybridized carbons (Fsp3) is 0.905. The first kappa shape index (κ1) is 26.5. The van der Waals surface area contributed by atoms with Crippen LogP contribution in [0.1, 0.15) is 61.3 Å². The van der Waals surface area contributed by atoms with Gasteiger partial charge in [-0.2, -0.15) is 0 Å². The van der Waals surface area contributed by atoms with Gasteiger partial charge < -0.3 is 19.9 Å². The summed E-state index contributed by atoms with van der Waals surface area (Å²) in [6, 6.07) is 0. The molecule has 1 aliphatic rings. The third-order valence-electron chi connectivity index (χ3n) is 5.22. The average Bonchev–Trinajstić information content (AvgIpc) is 2.61. The number of amides is 1. The maximum Gasteiger partial charge on any atom is 0.410 e. The molecule has 8 nitrogen and oxygen atoms in total. The molecule has 176 valence electrons. The number of rotatable bonds is 6. The van der Waals surface area contributed by atoms with Crippen molar-refractivity contribution in [1.82, 2.24) is 15.1 Å². The van der Waals surface area contributed by atoms with Crippen molar-refractivity contribution in [2.45, 2.75) is 71.7 Å². The van der Waals surface area contributed by atoms with E-state index >= 15 is 0 Å². The molecule has 1 aliphatic heterocycles. The van der Waals surface area contributed by atoms with E-state index in [1.807, 2.05) is 27.7 Å². The first-order valence-electron chi connectivity index (χ1n) is 10.9. The molecule has 30 heavy (non-hydrogen) atoms. The maximum atomic E-state index is 12.4. The van der Waals surface area contributed by atoms with Crippen molar-refractivity contribution >= 4 is 21.9 Å². The molecule has 0 spiro atoms. The highest BCUT2D eigenvalue weighted by molar-refractivity contribution is 7.92. The van der Waals surface area contributed by atoms with Crippen LogP contribution in [0.5, 0.6) is 0 Å². The minimum atomic E-state index is -3.16. The fourth-order valence-corrected chi connectivity index (χ4v) is 4.22. The normalized spacial score (nSPS) is 17.1. The predicted molar refractivity (Wildman–Crippen MR) is 123 cm³/mol. The highest BCUT2D eigenvalue weighted by Crippen LogP contribution is 2.20. The van der Waals surface area contributed by atoms with E-state index < -0.39 is 20.2 Å². The summed E-state index contributed by atoms with van der Waals surface area (Å²) in [5.41, 5.74) is -0.494. The van der Waals surface area contributed by atoms with E-state index in [0.717, 1.165) is 31.9 Å². The van der Waals surface area contributed by atoms with Crippen LogP contribution in [0.25, 0.3) is 0 Å². The second-order valence-corrected chi connectivity index (χ2v) is 12.7. The van der Waals surface area contributed by atoms with Gasteiger partial charge in [-0.25, -0.2) is 13.2 Å². The third-order valence-corrected chi connectivity index (χ3v) is 7.83. The second-order valence-electron chi connectivity index (χ2n) is 9.85. The molecule has 0 unspecified atom stereocenters. The van der Waals surface area contributed by atoms with Crippen LogP contribution in [0, 0.1) is 5.92 Å². The molecule has 0 aromatic heterocycles. The van der Waals surface area contributed by atoms with Crippen LogP contribution in [-0.4, -0.2) is 86.1 Å². The van der Waals surface area contributed by atoms with Crippen molar-refractivity contribution in [2.75, 3.05) is 45.5 Å². The number of sulfone groups is 1. The van der Waals surface area contributed by atoms with Gasteiger partial charge in [0.15, 0.2) is 15.8 Å². The number of piperidine rings is 1. The molecule has 1 fully saturated rings. The zero-order valence-electron chi connectivity index (χ0n) is 20.1. The van der Waals surface area contributed by atoms with E-state index in [0.29, 0.717) is 25.6 Å². The molecule has 0 bridgehead atoms. The number of carbonyl (C=O) groups excluding carboxylic acids is 1. The van der Waals surface area contributed by atoms with E-state index in [9.17, 15) is 13.2 Å². The molecule has 0 aromatic carbocycles. The summed E-state index contributed by atoms with van der Waals surface area (Å²) in [6.45, 7) is 16.1. The van der Waals surface area contributed by atoms with Gasteiger partial charge in [-0.15, -0.1) is 0 Å². The lowest BCUT2D eigenvalue weighted by molar-refractivity contribution is 0.0214. The van der Waals surface area contributed by atoms with Gasteiger partial charge in [0.1, 0.15) is 5.60 Å². The number of nitrogens with one attached hydrogen (secondary N) is 1. The Labute approximate surface area is 183 Å². The zero-order valence-corrected chi connectivity index (χ0v) is 20.9. The van der Waals surface area contributed by atoms with Gasteiger partial charge in [0.2, 0.25) is 0 Å². The number of likely N-dealkylation sites (tertiary alicyclic amines) is 1. The van der Waals surface area contributed by atoms with Crippen LogP contribution in [0.2, 0.25) is 0 Å². The number of guanidine groups is 1. The molecule has 0 radical (unpaired) electrons. The van der Waals surface area contributed by atoms with Gasteiger partial charge >= 0.3 is 6.09 Å². The van der Waals surface area contributed by atoms with Crippen LogP contribution in [0.15, 0.2) is 4.99 Å². The number of nitrogens with zero attached hydrogens (tertiary/aromatic N) is 3. The average molecular weight is 447 g/mol. The molecule has 0 saturated carbocycles. The topological polar surface area (TPSA) is 91.3 Å². The summed E-state index contributed by atoms with van der Waals surface area (Å²) in [4.78, 5) is 20.6. The van der Waals surface area contributed by atoms with E-state index in [1.54, 1.807) is 32.7 Å². The quantitative estimate of drug-likeness (QED) is 0.498. The molecular weight excluding hydrogens is 404 g/mol. The number of ether oxygens (including phenoxy) is 1. The number of carbonyl (C=O) groups is 1. The monoisotopic (exact) mass is 446 g/mol. The lowest BCUT2D eigenvalue weighted by Gasteiger charge is -2.36. The van der Waals surface area contributed by atoms with Gasteiger partial charge in [-0.1, -0.05) is 0 Å². The van der Waals surface area contributed by atoms with E-state index in [4.69, 9.17) is 4.74 Å². The predicted octanol–water partition coefficient (Wildman–Crippen LogP) is 2.74. The lowest BCUT2D eigenvalue weighted by atomic mass is 9.96. The molecule has 1 heterocycles. The summed E-state index contributed by atoms with van der Waals surface area (Å²) >= 11 is 0. The van der Waals surface area contributed by atoms with Crippen molar-refractivity contribution in [3.8, 4) is 0 Å². The summed E-state index contributed by atoms with van der Waals surface area (Å²) in [5, 5.41) is 3.19. The first-order valence-corrected chi connectivity index (χ1v) is 12.5. The van der Waals surface area contributed by atoms with E-state index in [2.05, 4.69) is 15.2 Å². The van der Waals surface area contributed by atoms with Crippen molar-refractivity contribution in [2.24, 2.45) is 10.9 Å². The van der Waals surface area contributed by atoms with Gasteiger partial charge in [-0.3, -0.25) is 4.99 Å². The van der Waals surface area contributed by atoms with Crippen LogP contribution in [0.3, 0.4) is 0 Å². The first-order chi connectivity index (χ1) is 13.7. The van der Waals surface area contributed by atoms with Crippen LogP contribution < -0.4 is 5.32 Å². The highest BCUT2D eigenvalue weighted by atomic mass is 32.2. The van der Waals surface area contributed by atoms with Crippen LogP contribution in [-0.2, 0) is 14.6 Å². The number of aliphatic imine (C=N–C) groups is 1. The van der Waals surface area contributed by atoms with Crippen molar-refractivity contribution in [1.29, 1.82) is 0 Å². The SMILES string of the molecule is CCN(CC1CCN(C(=NC)NCCS(=O)(=O)C(C)(C)C)CC1)C(=O)OC(C)(C)C. The Morgan fingerprint density at radius 1 is 1.17 bits per heavy atom. The molecule has 9 heteroatoms. The number of hydrogen-bond acceptors (Lipinski definition) is 5. The Morgan fingerprint density at radius 2 is 1.73 bits per heavy atom. The van der Waals surface area contributed by atoms with Crippen molar-refractivity contribution in [3.63, 3.8) is 0 Å². The summed E-state index contributed by atoms with van der Waals surface area (Å²) in [7, 11) is -1.45. The molecule has 0 atom stereocenters. The van der Waals surface area contributed by atoms with Gasteiger partial charge in [0.25, 0.3) is 0 Å². The molecule has 1 amide bonds. The van der Waals surface area contributed by atoms with Crippen LogP contribution >= 0.6 is 0 Å². The summed E-state index contributed by atoms with van der Waals surface area (Å²) in [5.74, 6) is 1.22. The minimum absolute atomic E-state index is 0.0767. The molecule has 0 aliphatic carbocycles. The highest BCUT2D eigenvalue weighted by Gasteiger charge is 2.29. The maximum absolute atomic E-state index is 12.4. The standard InChI is InChI=1S/C21H42N4O4S/c1-9-24(19(26)29-20(2,3)4)16-17-10-13-25(14-11-17)18(22-8)23-12-15-30(27,28)21(5,6)7/h17H,9-16H2,1-8H3,(H,22,23). The Bertz CT molecular complexity index is 685. The van der Waals surface area contributed by atoms with Crippen LogP contribution in [0.4, 0.5) is 4.79 Å². The Morgan fingerprint density at radius 3 is 2.17 bits per heavy atom. The fourth-order valence-electron chi connectivity index (χ4n) is 3.23. The molecule has 0 aromatic rings. The summed E-state index contributed by atoms with van der Waals surface area (Å²) < 4.78 is 29.3. The lowest BCUT2D eigenvalue weighted by Crippen LogP contribution is -2.49. The Hall–Kier alpha value is -1.51. The van der Waals surface area contributed by atoms with Gasteiger partial charge in [0.05, 0.1) is 10.5 Å². The van der Waals surface area contributed by atoms with Crippen molar-refractivity contribution < 1.29 is 17.9 Å². The smallest absolute Gasteiger partial charge is 0.410 e. The van der Waals surface area contributed by atoms with E-state index in [-0.39, 0.29) is 11.8 Å². The molecule has 1 rings (SSSR count). The van der Waals surface area contributed by atoms with Gasteiger partial charge in [-0.05, 0) is 67.2 Å². The summed E-state index contributed by atoms with van der Waals surface area (Å²) in [6.07, 6.45) is 1.63. The third kappa shape index (κ3) is 8.32. The molecular formula is C21H42N4O4S. The van der Waals surface area contributed by atoms with E-state index in [1.165, 1.54) is 0 Å². The van der Waals surface area contributed by atoms with Crippen molar-refractivity contribution in [3.05, 3.63) is 0 Å². The number of hydrogen-bond donors (Lipinski definition) is 1. The second kappa shape index (κ2) is 10.7. The van der Waals surface area contributed by atoms with Gasteiger partial charge in [0, 0.05) is 39.8 Å². The Balaban J connectivity index is 2.52.